The van der Waals surface area contributed by atoms with Crippen molar-refractivity contribution in [2.75, 3.05) is 13.2 Å². The average molecular weight is 468 g/mol. The van der Waals surface area contributed by atoms with Crippen LogP contribution in [0.1, 0.15) is 19.3 Å². The summed E-state index contributed by atoms with van der Waals surface area (Å²) in [6, 6.07) is 3.86. The number of carbonyl (C=O) groups is 2. The largest absolute Gasteiger partial charge is 0.484 e. The van der Waals surface area contributed by atoms with E-state index in [0.717, 1.165) is 6.07 Å². The highest BCUT2D eigenvalue weighted by Gasteiger charge is 2.69. The van der Waals surface area contributed by atoms with Gasteiger partial charge >= 0.3 is 6.18 Å². The standard InChI is InChI=1S/C18H18ClF4N3O3S/c19-10-2-1-9(3-11(10)20)29-5-13(27)25-16-6-17(7-16,8-16)26-14(28)12-4-24-15(30-12)18(21,22)23/h1-3,12,15,24H,4-8H2,(H,25,27)(H,26,28). The number of alkyl halides is 3. The Balaban J connectivity index is 1.20. The number of rotatable bonds is 6. The van der Waals surface area contributed by atoms with E-state index >= 15 is 0 Å². The Bertz CT molecular complexity index is 865. The highest BCUT2D eigenvalue weighted by molar-refractivity contribution is 8.01. The predicted molar refractivity (Wildman–Crippen MR) is 102 cm³/mol. The highest BCUT2D eigenvalue weighted by Crippen LogP contribution is 2.60. The second kappa shape index (κ2) is 7.45. The van der Waals surface area contributed by atoms with Gasteiger partial charge in [-0.05, 0) is 31.4 Å². The van der Waals surface area contributed by atoms with Gasteiger partial charge < -0.3 is 15.4 Å². The highest BCUT2D eigenvalue weighted by atomic mass is 35.5. The summed E-state index contributed by atoms with van der Waals surface area (Å²) in [7, 11) is 0. The zero-order valence-corrected chi connectivity index (χ0v) is 17.0. The molecular weight excluding hydrogens is 450 g/mol. The van der Waals surface area contributed by atoms with E-state index in [2.05, 4.69) is 16.0 Å². The number of thioether (sulfide) groups is 1. The van der Waals surface area contributed by atoms with Gasteiger partial charge in [-0.15, -0.1) is 11.8 Å². The van der Waals surface area contributed by atoms with Gasteiger partial charge in [0.15, 0.2) is 12.0 Å². The SMILES string of the molecule is O=C(COc1ccc(Cl)c(F)c1)NC12CC(NC(=O)C3CNC(C(F)(F)F)S3)(C1)C2. The molecular formula is C18H18ClF4N3O3S. The molecule has 0 radical (unpaired) electrons. The Morgan fingerprint density at radius 2 is 1.90 bits per heavy atom. The van der Waals surface area contributed by atoms with Gasteiger partial charge in [0.1, 0.15) is 11.6 Å². The third-order valence-electron chi connectivity index (χ3n) is 5.46. The molecule has 2 atom stereocenters. The van der Waals surface area contributed by atoms with Crippen LogP contribution in [0.4, 0.5) is 17.6 Å². The first kappa shape index (κ1) is 21.5. The van der Waals surface area contributed by atoms with Gasteiger partial charge in [-0.1, -0.05) is 11.6 Å². The van der Waals surface area contributed by atoms with E-state index in [0.29, 0.717) is 31.0 Å². The maximum absolute atomic E-state index is 13.4. The first-order valence-corrected chi connectivity index (χ1v) is 10.5. The van der Waals surface area contributed by atoms with E-state index in [1.54, 1.807) is 0 Å². The van der Waals surface area contributed by atoms with Crippen molar-refractivity contribution < 1.29 is 31.9 Å². The lowest BCUT2D eigenvalue weighted by Crippen LogP contribution is -2.84. The molecule has 1 saturated heterocycles. The van der Waals surface area contributed by atoms with E-state index < -0.39 is 39.6 Å². The smallest absolute Gasteiger partial charge is 0.413 e. The summed E-state index contributed by atoms with van der Waals surface area (Å²) in [4.78, 5) is 24.4. The number of nitrogens with one attached hydrogen (secondary N) is 3. The number of ether oxygens (including phenoxy) is 1. The topological polar surface area (TPSA) is 79.5 Å². The van der Waals surface area contributed by atoms with Crippen LogP contribution in [0, 0.1) is 5.82 Å². The Kier molecular flexibility index (Phi) is 5.34. The Labute approximate surface area is 178 Å². The molecule has 4 aliphatic rings. The van der Waals surface area contributed by atoms with Crippen molar-refractivity contribution in [1.82, 2.24) is 16.0 Å². The number of amides is 2. The lowest BCUT2D eigenvalue weighted by molar-refractivity contribution is -0.150. The quantitative estimate of drug-likeness (QED) is 0.560. The lowest BCUT2D eigenvalue weighted by atomic mass is 9.44. The van der Waals surface area contributed by atoms with Crippen LogP contribution in [-0.2, 0) is 9.59 Å². The number of hydrogen-bond acceptors (Lipinski definition) is 5. The fraction of sp³-hybridized carbons (Fsp3) is 0.556. The van der Waals surface area contributed by atoms with Crippen LogP contribution in [0.5, 0.6) is 5.75 Å². The van der Waals surface area contributed by atoms with Crippen LogP contribution < -0.4 is 20.7 Å². The van der Waals surface area contributed by atoms with Crippen molar-refractivity contribution in [3.63, 3.8) is 0 Å². The van der Waals surface area contributed by atoms with E-state index in [1.165, 1.54) is 12.1 Å². The Morgan fingerprint density at radius 1 is 1.23 bits per heavy atom. The number of benzene rings is 1. The Morgan fingerprint density at radius 3 is 2.50 bits per heavy atom. The summed E-state index contributed by atoms with van der Waals surface area (Å²) in [6.07, 6.45) is -2.86. The summed E-state index contributed by atoms with van der Waals surface area (Å²) in [6.45, 7) is -0.341. The molecule has 2 amide bonds. The maximum Gasteiger partial charge on any atom is 0.413 e. The van der Waals surface area contributed by atoms with Crippen LogP contribution in [0.15, 0.2) is 18.2 Å². The Hall–Kier alpha value is -1.72. The molecule has 3 aliphatic carbocycles. The van der Waals surface area contributed by atoms with Gasteiger partial charge in [0, 0.05) is 23.7 Å². The summed E-state index contributed by atoms with van der Waals surface area (Å²) in [5.41, 5.74) is -0.907. The molecule has 0 spiro atoms. The van der Waals surface area contributed by atoms with Crippen LogP contribution in [0.2, 0.25) is 5.02 Å². The molecule has 1 aromatic rings. The first-order valence-electron chi connectivity index (χ1n) is 9.16. The monoisotopic (exact) mass is 467 g/mol. The van der Waals surface area contributed by atoms with Crippen molar-refractivity contribution in [1.29, 1.82) is 0 Å². The molecule has 2 unspecified atom stereocenters. The van der Waals surface area contributed by atoms with E-state index in [1.807, 2.05) is 0 Å². The number of carbonyl (C=O) groups excluding carboxylic acids is 2. The third-order valence-corrected chi connectivity index (χ3v) is 7.18. The minimum absolute atomic E-state index is 0.0404. The lowest BCUT2D eigenvalue weighted by Gasteiger charge is -2.70. The predicted octanol–water partition coefficient (Wildman–Crippen LogP) is 2.36. The average Bonchev–Trinajstić information content (AvgIpc) is 3.10. The summed E-state index contributed by atoms with van der Waals surface area (Å²) in [5.74, 6) is -1.28. The molecule has 3 N–H and O–H groups in total. The third kappa shape index (κ3) is 4.19. The number of hydrogen-bond donors (Lipinski definition) is 3. The van der Waals surface area contributed by atoms with Crippen LogP contribution in [0.25, 0.3) is 0 Å². The van der Waals surface area contributed by atoms with Crippen molar-refractivity contribution in [3.8, 4) is 5.75 Å². The summed E-state index contributed by atoms with van der Waals surface area (Å²) >= 11 is 6.15. The second-order valence-corrected chi connectivity index (χ2v) is 9.67. The molecule has 5 rings (SSSR count). The maximum atomic E-state index is 13.4. The summed E-state index contributed by atoms with van der Waals surface area (Å²) < 4.78 is 56.8. The fourth-order valence-corrected chi connectivity index (χ4v) is 5.43. The van der Waals surface area contributed by atoms with Crippen molar-refractivity contribution >= 4 is 35.2 Å². The minimum atomic E-state index is -4.40. The molecule has 30 heavy (non-hydrogen) atoms. The molecule has 1 heterocycles. The molecule has 0 aromatic heterocycles. The van der Waals surface area contributed by atoms with Gasteiger partial charge in [0.05, 0.1) is 10.3 Å². The normalized spacial score (nSPS) is 32.0. The zero-order valence-electron chi connectivity index (χ0n) is 15.4. The van der Waals surface area contributed by atoms with Crippen molar-refractivity contribution in [2.45, 2.75) is 47.1 Å². The molecule has 3 saturated carbocycles. The van der Waals surface area contributed by atoms with E-state index in [9.17, 15) is 27.2 Å². The van der Waals surface area contributed by atoms with Crippen molar-refractivity contribution in [3.05, 3.63) is 29.0 Å². The van der Waals surface area contributed by atoms with Gasteiger partial charge in [-0.3, -0.25) is 14.9 Å². The van der Waals surface area contributed by atoms with E-state index in [-0.39, 0.29) is 29.8 Å². The van der Waals surface area contributed by atoms with Gasteiger partial charge in [-0.25, -0.2) is 4.39 Å². The zero-order chi connectivity index (χ0) is 21.7. The first-order chi connectivity index (χ1) is 14.0. The second-order valence-electron chi connectivity index (χ2n) is 7.95. The van der Waals surface area contributed by atoms with Crippen LogP contribution in [-0.4, -0.2) is 52.8 Å². The molecule has 1 aliphatic heterocycles. The number of halogens is 5. The van der Waals surface area contributed by atoms with Gasteiger partial charge in [0.25, 0.3) is 5.91 Å². The molecule has 4 fully saturated rings. The fourth-order valence-electron chi connectivity index (χ4n) is 4.26. The minimum Gasteiger partial charge on any atom is -0.484 e. The molecule has 12 heteroatoms. The van der Waals surface area contributed by atoms with Crippen molar-refractivity contribution in [2.24, 2.45) is 0 Å². The molecule has 6 nitrogen and oxygen atoms in total. The molecule has 164 valence electrons. The van der Waals surface area contributed by atoms with Crippen LogP contribution >= 0.6 is 23.4 Å². The van der Waals surface area contributed by atoms with Gasteiger partial charge in [-0.2, -0.15) is 13.2 Å². The van der Waals surface area contributed by atoms with E-state index in [4.69, 9.17) is 16.3 Å². The molecule has 2 bridgehead atoms. The van der Waals surface area contributed by atoms with Gasteiger partial charge in [0.2, 0.25) is 5.91 Å². The molecule has 1 aromatic carbocycles. The summed E-state index contributed by atoms with van der Waals surface area (Å²) in [5, 5.41) is 5.41. The van der Waals surface area contributed by atoms with Crippen LogP contribution in [0.3, 0.4) is 0 Å².